The van der Waals surface area contributed by atoms with Crippen LogP contribution < -0.4 is 5.32 Å². The number of hydrogen-bond donors (Lipinski definition) is 2. The summed E-state index contributed by atoms with van der Waals surface area (Å²) in [6.07, 6.45) is 0. The molecule has 0 rings (SSSR count). The molecule has 0 heterocycles. The molecule has 0 aromatic rings. The monoisotopic (exact) mass is 191 g/mol. The zero-order valence-electron chi connectivity index (χ0n) is 8.05. The predicted octanol–water partition coefficient (Wildman–Crippen LogP) is 1.19. The molecule has 72 valence electrons. The van der Waals surface area contributed by atoms with Crippen molar-refractivity contribution in [1.82, 2.24) is 5.32 Å². The van der Waals surface area contributed by atoms with Crippen LogP contribution in [0.15, 0.2) is 0 Å². The van der Waals surface area contributed by atoms with E-state index in [1.165, 1.54) is 0 Å². The third-order valence-electron chi connectivity index (χ3n) is 1.33. The first-order valence-electron chi connectivity index (χ1n) is 3.91. The summed E-state index contributed by atoms with van der Waals surface area (Å²) in [5.41, 5.74) is 0. The van der Waals surface area contributed by atoms with Crippen molar-refractivity contribution in [3.05, 3.63) is 0 Å². The summed E-state index contributed by atoms with van der Waals surface area (Å²) >= 11 is 1.65. The summed E-state index contributed by atoms with van der Waals surface area (Å²) in [7, 11) is 1.67. The van der Waals surface area contributed by atoms with Gasteiger partial charge in [0.05, 0.1) is 0 Å². The van der Waals surface area contributed by atoms with Gasteiger partial charge in [0, 0.05) is 10.5 Å². The molecule has 0 amide bonds. The second-order valence-electron chi connectivity index (χ2n) is 3.60. The molecule has 2 N–H and O–H groups in total. The van der Waals surface area contributed by atoms with Crippen molar-refractivity contribution in [2.75, 3.05) is 12.8 Å². The molecule has 0 aliphatic carbocycles. The van der Waals surface area contributed by atoms with E-state index in [0.29, 0.717) is 5.75 Å². The van der Waals surface area contributed by atoms with Crippen molar-refractivity contribution in [3.8, 4) is 0 Å². The molecule has 0 saturated carbocycles. The van der Waals surface area contributed by atoms with Crippen molar-refractivity contribution in [2.24, 2.45) is 0 Å². The van der Waals surface area contributed by atoms with Gasteiger partial charge >= 0.3 is 5.97 Å². The molecule has 0 aliphatic heterocycles. The number of rotatable bonds is 4. The fourth-order valence-corrected chi connectivity index (χ4v) is 1.59. The summed E-state index contributed by atoms with van der Waals surface area (Å²) in [5, 5.41) is 11.4. The first-order chi connectivity index (χ1) is 5.37. The molecule has 0 spiro atoms. The maximum atomic E-state index is 10.6. The lowest BCUT2D eigenvalue weighted by atomic mass is 10.3. The van der Waals surface area contributed by atoms with E-state index in [1.54, 1.807) is 18.8 Å². The van der Waals surface area contributed by atoms with Crippen molar-refractivity contribution in [2.45, 2.75) is 31.6 Å². The first-order valence-corrected chi connectivity index (χ1v) is 4.89. The van der Waals surface area contributed by atoms with Crippen LogP contribution >= 0.6 is 11.8 Å². The van der Waals surface area contributed by atoms with Gasteiger partial charge in [-0.05, 0) is 7.05 Å². The molecule has 0 aliphatic rings. The summed E-state index contributed by atoms with van der Waals surface area (Å²) in [4.78, 5) is 10.6. The van der Waals surface area contributed by atoms with Crippen LogP contribution in [-0.4, -0.2) is 34.7 Å². The van der Waals surface area contributed by atoms with Gasteiger partial charge in [0.2, 0.25) is 0 Å². The summed E-state index contributed by atoms with van der Waals surface area (Å²) in [6, 6.07) is -0.436. The molecule has 1 unspecified atom stereocenters. The quantitative estimate of drug-likeness (QED) is 0.701. The number of thioether (sulfide) groups is 1. The number of aliphatic carboxylic acids is 1. The molecule has 3 nitrogen and oxygen atoms in total. The Morgan fingerprint density at radius 1 is 1.58 bits per heavy atom. The number of carboxylic acids is 1. The standard InChI is InChI=1S/C8H17NO2S/c1-8(2,3)12-5-6(9-4)7(10)11/h6,9H,5H2,1-4H3,(H,10,11). The van der Waals surface area contributed by atoms with Crippen LogP contribution in [-0.2, 0) is 4.79 Å². The smallest absolute Gasteiger partial charge is 0.321 e. The van der Waals surface area contributed by atoms with E-state index >= 15 is 0 Å². The predicted molar refractivity (Wildman–Crippen MR) is 52.7 cm³/mol. The number of carboxylic acid groups (broad SMARTS) is 1. The van der Waals surface area contributed by atoms with Gasteiger partial charge in [-0.25, -0.2) is 0 Å². The normalized spacial score (nSPS) is 14.3. The zero-order chi connectivity index (χ0) is 9.78. The third kappa shape index (κ3) is 5.43. The van der Waals surface area contributed by atoms with Crippen molar-refractivity contribution < 1.29 is 9.90 Å². The van der Waals surface area contributed by atoms with Crippen LogP contribution in [0.25, 0.3) is 0 Å². The van der Waals surface area contributed by atoms with E-state index in [0.717, 1.165) is 0 Å². The Morgan fingerprint density at radius 2 is 2.08 bits per heavy atom. The van der Waals surface area contributed by atoms with E-state index in [1.807, 2.05) is 0 Å². The Bertz CT molecular complexity index is 154. The van der Waals surface area contributed by atoms with Crippen LogP contribution in [0.2, 0.25) is 0 Å². The van der Waals surface area contributed by atoms with E-state index in [4.69, 9.17) is 5.11 Å². The van der Waals surface area contributed by atoms with E-state index in [2.05, 4.69) is 26.1 Å². The highest BCUT2D eigenvalue weighted by molar-refractivity contribution is 8.00. The Morgan fingerprint density at radius 3 is 2.33 bits per heavy atom. The maximum absolute atomic E-state index is 10.6. The van der Waals surface area contributed by atoms with Crippen LogP contribution in [0, 0.1) is 0 Å². The second-order valence-corrected chi connectivity index (χ2v) is 5.45. The number of likely N-dealkylation sites (N-methyl/N-ethyl adjacent to an activating group) is 1. The van der Waals surface area contributed by atoms with Crippen LogP contribution in [0.1, 0.15) is 20.8 Å². The second kappa shape index (κ2) is 4.72. The van der Waals surface area contributed by atoms with Crippen molar-refractivity contribution in [1.29, 1.82) is 0 Å². The van der Waals surface area contributed by atoms with Gasteiger partial charge in [-0.1, -0.05) is 20.8 Å². The van der Waals surface area contributed by atoms with Gasteiger partial charge in [0.15, 0.2) is 0 Å². The van der Waals surface area contributed by atoms with E-state index in [-0.39, 0.29) is 4.75 Å². The molecular formula is C8H17NO2S. The highest BCUT2D eigenvalue weighted by Gasteiger charge is 2.19. The van der Waals surface area contributed by atoms with Gasteiger partial charge < -0.3 is 10.4 Å². The summed E-state index contributed by atoms with van der Waals surface area (Å²) in [6.45, 7) is 6.23. The molecule has 0 bridgehead atoms. The van der Waals surface area contributed by atoms with Crippen LogP contribution in [0.5, 0.6) is 0 Å². The molecule has 0 radical (unpaired) electrons. The highest BCUT2D eigenvalue weighted by atomic mass is 32.2. The average molecular weight is 191 g/mol. The molecule has 0 saturated heterocycles. The summed E-state index contributed by atoms with van der Waals surface area (Å²) < 4.78 is 0.130. The molecule has 4 heteroatoms. The Labute approximate surface area is 77.9 Å². The minimum atomic E-state index is -0.783. The minimum absolute atomic E-state index is 0.130. The van der Waals surface area contributed by atoms with Gasteiger partial charge in [0.25, 0.3) is 0 Å². The van der Waals surface area contributed by atoms with Crippen LogP contribution in [0.4, 0.5) is 0 Å². The number of hydrogen-bond acceptors (Lipinski definition) is 3. The summed E-state index contributed by atoms with van der Waals surface area (Å²) in [5.74, 6) is -0.177. The zero-order valence-corrected chi connectivity index (χ0v) is 8.86. The molecule has 0 aromatic carbocycles. The number of carbonyl (C=O) groups is 1. The van der Waals surface area contributed by atoms with Gasteiger partial charge in [-0.2, -0.15) is 11.8 Å². The third-order valence-corrected chi connectivity index (χ3v) is 2.70. The van der Waals surface area contributed by atoms with E-state index < -0.39 is 12.0 Å². The fourth-order valence-electron chi connectivity index (χ4n) is 0.611. The molecule has 1 atom stereocenters. The average Bonchev–Trinajstić information content (AvgIpc) is 1.85. The Kier molecular flexibility index (Phi) is 4.63. The Balaban J connectivity index is 3.81. The van der Waals surface area contributed by atoms with Crippen molar-refractivity contribution >= 4 is 17.7 Å². The van der Waals surface area contributed by atoms with Crippen molar-refractivity contribution in [3.63, 3.8) is 0 Å². The van der Waals surface area contributed by atoms with E-state index in [9.17, 15) is 4.79 Å². The Hall–Kier alpha value is -0.220. The SMILES string of the molecule is CNC(CSC(C)(C)C)C(=O)O. The molecule has 0 aromatic heterocycles. The molecule has 12 heavy (non-hydrogen) atoms. The molecule has 0 fully saturated rings. The maximum Gasteiger partial charge on any atom is 0.321 e. The largest absolute Gasteiger partial charge is 0.480 e. The highest BCUT2D eigenvalue weighted by Crippen LogP contribution is 2.23. The fraction of sp³-hybridized carbons (Fsp3) is 0.875. The van der Waals surface area contributed by atoms with Gasteiger partial charge in [-0.3, -0.25) is 4.79 Å². The minimum Gasteiger partial charge on any atom is -0.480 e. The lowest BCUT2D eigenvalue weighted by Crippen LogP contribution is -2.37. The van der Waals surface area contributed by atoms with Gasteiger partial charge in [0.1, 0.15) is 6.04 Å². The first kappa shape index (κ1) is 11.8. The number of nitrogens with one attached hydrogen (secondary N) is 1. The molecular weight excluding hydrogens is 174 g/mol. The van der Waals surface area contributed by atoms with Crippen LogP contribution in [0.3, 0.4) is 0 Å². The lowest BCUT2D eigenvalue weighted by molar-refractivity contribution is -0.138. The topological polar surface area (TPSA) is 49.3 Å². The van der Waals surface area contributed by atoms with Gasteiger partial charge in [-0.15, -0.1) is 0 Å². The lowest BCUT2D eigenvalue weighted by Gasteiger charge is -2.20.